The molecule has 1 aromatic carbocycles. The summed E-state index contributed by atoms with van der Waals surface area (Å²) >= 11 is 0. The van der Waals surface area contributed by atoms with Gasteiger partial charge in [-0.15, -0.1) is 13.2 Å². The summed E-state index contributed by atoms with van der Waals surface area (Å²) < 4.78 is 40.1. The first-order valence-corrected chi connectivity index (χ1v) is 5.20. The number of benzene rings is 1. The molecule has 0 saturated carbocycles. The molecule has 1 heterocycles. The topological polar surface area (TPSA) is 45.9 Å². The van der Waals surface area contributed by atoms with Gasteiger partial charge in [0.2, 0.25) is 0 Å². The summed E-state index contributed by atoms with van der Waals surface area (Å²) in [6.07, 6.45) is -3.37. The van der Waals surface area contributed by atoms with Crippen molar-refractivity contribution in [2.45, 2.75) is 6.36 Å². The van der Waals surface area contributed by atoms with E-state index in [9.17, 15) is 13.2 Å². The lowest BCUT2D eigenvalue weighted by Gasteiger charge is -2.09. The Hall–Kier alpha value is -2.55. The second kappa shape index (κ2) is 4.98. The van der Waals surface area contributed by atoms with Crippen molar-refractivity contribution in [1.29, 1.82) is 5.26 Å². The molecule has 0 N–H and O–H groups in total. The first-order valence-electron chi connectivity index (χ1n) is 5.20. The second-order valence-electron chi connectivity index (χ2n) is 3.62. The number of pyridine rings is 1. The van der Waals surface area contributed by atoms with E-state index in [-0.39, 0.29) is 5.75 Å². The monoisotopic (exact) mass is 264 g/mol. The second-order valence-corrected chi connectivity index (χ2v) is 3.62. The summed E-state index contributed by atoms with van der Waals surface area (Å²) in [7, 11) is 0. The van der Waals surface area contributed by atoms with Crippen molar-refractivity contribution in [3.05, 3.63) is 48.2 Å². The smallest absolute Gasteiger partial charge is 0.406 e. The van der Waals surface area contributed by atoms with E-state index in [0.29, 0.717) is 16.8 Å². The summed E-state index contributed by atoms with van der Waals surface area (Å²) in [6, 6.07) is 10.5. The maximum absolute atomic E-state index is 12.1. The number of rotatable bonds is 2. The third kappa shape index (κ3) is 3.45. The van der Waals surface area contributed by atoms with Crippen LogP contribution >= 0.6 is 0 Å². The molecule has 1 aromatic heterocycles. The molecule has 0 aliphatic heterocycles. The quantitative estimate of drug-likeness (QED) is 0.833. The Morgan fingerprint density at radius 3 is 2.53 bits per heavy atom. The molecule has 2 aromatic rings. The molecular formula is C13H7F3N2O. The van der Waals surface area contributed by atoms with E-state index in [2.05, 4.69) is 9.72 Å². The summed E-state index contributed by atoms with van der Waals surface area (Å²) in [4.78, 5) is 4.00. The van der Waals surface area contributed by atoms with Crippen LogP contribution in [0.2, 0.25) is 0 Å². The average Bonchev–Trinajstić information content (AvgIpc) is 2.37. The first kappa shape index (κ1) is 12.9. The number of ether oxygens (including phenoxy) is 1. The normalized spacial score (nSPS) is 10.8. The van der Waals surface area contributed by atoms with Crippen LogP contribution in [0.4, 0.5) is 13.2 Å². The molecule has 2 rings (SSSR count). The van der Waals surface area contributed by atoms with Gasteiger partial charge in [0.15, 0.2) is 0 Å². The van der Waals surface area contributed by atoms with Crippen molar-refractivity contribution >= 4 is 0 Å². The summed E-state index contributed by atoms with van der Waals surface area (Å²) in [6.45, 7) is 0. The Bertz CT molecular complexity index is 615. The van der Waals surface area contributed by atoms with Gasteiger partial charge in [0, 0.05) is 11.8 Å². The third-order valence-corrected chi connectivity index (χ3v) is 2.26. The Morgan fingerprint density at radius 2 is 1.95 bits per heavy atom. The van der Waals surface area contributed by atoms with Crippen molar-refractivity contribution < 1.29 is 17.9 Å². The minimum Gasteiger partial charge on any atom is -0.406 e. The van der Waals surface area contributed by atoms with Crippen LogP contribution in [0.1, 0.15) is 5.56 Å². The van der Waals surface area contributed by atoms with Crippen molar-refractivity contribution in [2.24, 2.45) is 0 Å². The molecule has 0 unspecified atom stereocenters. The highest BCUT2D eigenvalue weighted by Crippen LogP contribution is 2.27. The van der Waals surface area contributed by atoms with E-state index in [0.717, 1.165) is 0 Å². The molecule has 6 heteroatoms. The largest absolute Gasteiger partial charge is 0.573 e. The fourth-order valence-corrected chi connectivity index (χ4v) is 1.48. The van der Waals surface area contributed by atoms with Crippen LogP contribution in [0.3, 0.4) is 0 Å². The predicted molar refractivity (Wildman–Crippen MR) is 61.1 cm³/mol. The van der Waals surface area contributed by atoms with Crippen LogP contribution in [0.15, 0.2) is 42.6 Å². The van der Waals surface area contributed by atoms with Gasteiger partial charge in [-0.25, -0.2) is 0 Å². The van der Waals surface area contributed by atoms with Gasteiger partial charge in [-0.3, -0.25) is 4.98 Å². The Balaban J connectivity index is 2.30. The Morgan fingerprint density at radius 1 is 1.16 bits per heavy atom. The molecule has 96 valence electrons. The Labute approximate surface area is 106 Å². The summed E-state index contributed by atoms with van der Waals surface area (Å²) in [5.41, 5.74) is 1.32. The van der Waals surface area contributed by atoms with Crippen LogP contribution in [0.5, 0.6) is 5.75 Å². The van der Waals surface area contributed by atoms with Crippen LogP contribution in [-0.2, 0) is 0 Å². The number of nitrogens with zero attached hydrogens (tertiary/aromatic N) is 2. The highest BCUT2D eigenvalue weighted by atomic mass is 19.4. The lowest BCUT2D eigenvalue weighted by molar-refractivity contribution is -0.274. The molecule has 0 spiro atoms. The number of hydrogen-bond donors (Lipinski definition) is 0. The number of aromatic nitrogens is 1. The zero-order valence-electron chi connectivity index (χ0n) is 9.48. The zero-order chi connectivity index (χ0) is 13.9. The molecule has 19 heavy (non-hydrogen) atoms. The fraction of sp³-hybridized carbons (Fsp3) is 0.0769. The molecule has 0 atom stereocenters. The number of halogens is 3. The highest BCUT2D eigenvalue weighted by molar-refractivity contribution is 5.61. The van der Waals surface area contributed by atoms with Crippen molar-refractivity contribution in [3.63, 3.8) is 0 Å². The van der Waals surface area contributed by atoms with Crippen molar-refractivity contribution in [3.8, 4) is 23.1 Å². The van der Waals surface area contributed by atoms with E-state index < -0.39 is 6.36 Å². The molecule has 0 saturated heterocycles. The van der Waals surface area contributed by atoms with Gasteiger partial charge >= 0.3 is 6.36 Å². The molecule has 0 aliphatic carbocycles. The standard InChI is InChI=1S/C13H7F3N2O/c14-13(15,16)19-11-3-1-2-10(6-11)12-5-4-9(7-17)8-18-12/h1-6,8H. The van der Waals surface area contributed by atoms with Gasteiger partial charge in [-0.2, -0.15) is 5.26 Å². The molecule has 0 bridgehead atoms. The number of hydrogen-bond acceptors (Lipinski definition) is 3. The van der Waals surface area contributed by atoms with Gasteiger partial charge < -0.3 is 4.74 Å². The van der Waals surface area contributed by atoms with Gasteiger partial charge in [0.1, 0.15) is 11.8 Å². The first-order chi connectivity index (χ1) is 8.98. The minimum absolute atomic E-state index is 0.309. The third-order valence-electron chi connectivity index (χ3n) is 2.26. The number of alkyl halides is 3. The molecular weight excluding hydrogens is 257 g/mol. The van der Waals surface area contributed by atoms with Crippen molar-refractivity contribution in [2.75, 3.05) is 0 Å². The van der Waals surface area contributed by atoms with Crippen LogP contribution in [-0.4, -0.2) is 11.3 Å². The van der Waals surface area contributed by atoms with Gasteiger partial charge in [0.05, 0.1) is 11.3 Å². The maximum Gasteiger partial charge on any atom is 0.573 e. The van der Waals surface area contributed by atoms with Crippen molar-refractivity contribution in [1.82, 2.24) is 4.98 Å². The van der Waals surface area contributed by atoms with E-state index >= 15 is 0 Å². The highest BCUT2D eigenvalue weighted by Gasteiger charge is 2.31. The van der Waals surface area contributed by atoms with Gasteiger partial charge in [0.25, 0.3) is 0 Å². The van der Waals surface area contributed by atoms with Gasteiger partial charge in [-0.1, -0.05) is 12.1 Å². The minimum atomic E-state index is -4.73. The Kier molecular flexibility index (Phi) is 3.38. The molecule has 3 nitrogen and oxygen atoms in total. The summed E-state index contributed by atoms with van der Waals surface area (Å²) in [5, 5.41) is 8.64. The SMILES string of the molecule is N#Cc1ccc(-c2cccc(OC(F)(F)F)c2)nc1. The number of nitriles is 1. The lowest BCUT2D eigenvalue weighted by Crippen LogP contribution is -2.17. The molecule has 0 radical (unpaired) electrons. The molecule has 0 amide bonds. The fourth-order valence-electron chi connectivity index (χ4n) is 1.48. The lowest BCUT2D eigenvalue weighted by atomic mass is 10.1. The van der Waals surface area contributed by atoms with E-state index in [1.807, 2.05) is 6.07 Å². The molecule has 0 fully saturated rings. The van der Waals surface area contributed by atoms with E-state index in [1.54, 1.807) is 18.2 Å². The molecule has 0 aliphatic rings. The van der Waals surface area contributed by atoms with Gasteiger partial charge in [-0.05, 0) is 24.3 Å². The van der Waals surface area contributed by atoms with E-state index in [1.165, 1.54) is 24.4 Å². The van der Waals surface area contributed by atoms with E-state index in [4.69, 9.17) is 5.26 Å². The maximum atomic E-state index is 12.1. The average molecular weight is 264 g/mol. The van der Waals surface area contributed by atoms with Crippen LogP contribution in [0.25, 0.3) is 11.3 Å². The van der Waals surface area contributed by atoms with Crippen LogP contribution in [0, 0.1) is 11.3 Å². The van der Waals surface area contributed by atoms with Crippen LogP contribution < -0.4 is 4.74 Å². The zero-order valence-corrected chi connectivity index (χ0v) is 9.48. The summed E-state index contributed by atoms with van der Waals surface area (Å²) in [5.74, 6) is -0.309. The predicted octanol–water partition coefficient (Wildman–Crippen LogP) is 3.52.